The van der Waals surface area contributed by atoms with Crippen LogP contribution < -0.4 is 10.0 Å². The topological polar surface area (TPSA) is 87.7 Å². The van der Waals surface area contributed by atoms with E-state index in [1.807, 2.05) is 13.8 Å². The smallest absolute Gasteiger partial charge is 0.321 e. The van der Waals surface area contributed by atoms with Gasteiger partial charge in [-0.15, -0.1) is 0 Å². The van der Waals surface area contributed by atoms with E-state index in [-0.39, 0.29) is 23.6 Å². The Balaban J connectivity index is 2.78. The van der Waals surface area contributed by atoms with Crippen molar-refractivity contribution in [1.82, 2.24) is 9.62 Å². The molecule has 0 heterocycles. The Bertz CT molecular complexity index is 598. The largest absolute Gasteiger partial charge is 0.383 e. The molecule has 1 atom stereocenters. The molecule has 0 aliphatic carbocycles. The van der Waals surface area contributed by atoms with Gasteiger partial charge in [-0.05, 0) is 45.0 Å². The molecule has 1 aromatic carbocycles. The van der Waals surface area contributed by atoms with Gasteiger partial charge in [-0.3, -0.25) is 0 Å². The number of hydrogen-bond donors (Lipinski definition) is 2. The number of hydrogen-bond acceptors (Lipinski definition) is 4. The lowest BCUT2D eigenvalue weighted by atomic mass is 10.3. The van der Waals surface area contributed by atoms with Crippen LogP contribution in [0.3, 0.4) is 0 Å². The Morgan fingerprint density at radius 1 is 1.22 bits per heavy atom. The zero-order valence-corrected chi connectivity index (χ0v) is 14.8. The molecule has 1 rings (SSSR count). The Morgan fingerprint density at radius 2 is 1.78 bits per heavy atom. The zero-order valence-electron chi connectivity index (χ0n) is 14.0. The van der Waals surface area contributed by atoms with Gasteiger partial charge in [0.1, 0.15) is 0 Å². The van der Waals surface area contributed by atoms with Gasteiger partial charge in [-0.2, -0.15) is 0 Å². The number of benzene rings is 1. The van der Waals surface area contributed by atoms with Gasteiger partial charge in [0.15, 0.2) is 0 Å². The highest BCUT2D eigenvalue weighted by Gasteiger charge is 2.17. The standard InChI is InChI=1S/C15H25N3O4S/c1-5-18(6-2)15(19)16-13-7-9-14(10-8-13)23(20,21)17-12(3)11-22-4/h7-10,12,17H,5-6,11H2,1-4H3,(H,16,19)/t12-/m0/s1. The molecule has 0 bridgehead atoms. The first-order chi connectivity index (χ1) is 10.8. The number of nitrogens with one attached hydrogen (secondary N) is 2. The number of ether oxygens (including phenoxy) is 1. The van der Waals surface area contributed by atoms with Crippen molar-refractivity contribution in [3.63, 3.8) is 0 Å². The fourth-order valence-electron chi connectivity index (χ4n) is 2.05. The van der Waals surface area contributed by atoms with Crippen molar-refractivity contribution in [2.45, 2.75) is 31.7 Å². The van der Waals surface area contributed by atoms with E-state index in [0.717, 1.165) is 0 Å². The van der Waals surface area contributed by atoms with Crippen molar-refractivity contribution in [3.8, 4) is 0 Å². The molecular weight excluding hydrogens is 318 g/mol. The summed E-state index contributed by atoms with van der Waals surface area (Å²) in [7, 11) is -2.09. The van der Waals surface area contributed by atoms with E-state index < -0.39 is 10.0 Å². The monoisotopic (exact) mass is 343 g/mol. The van der Waals surface area contributed by atoms with Crippen molar-refractivity contribution in [1.29, 1.82) is 0 Å². The summed E-state index contributed by atoms with van der Waals surface area (Å²) in [5, 5.41) is 2.74. The lowest BCUT2D eigenvalue weighted by Gasteiger charge is -2.19. The first-order valence-corrected chi connectivity index (χ1v) is 8.99. The van der Waals surface area contributed by atoms with Gasteiger partial charge in [-0.1, -0.05) is 0 Å². The normalized spacial score (nSPS) is 12.7. The highest BCUT2D eigenvalue weighted by molar-refractivity contribution is 7.89. The van der Waals surface area contributed by atoms with Gasteiger partial charge in [0, 0.05) is 31.9 Å². The van der Waals surface area contributed by atoms with Crippen LogP contribution in [-0.4, -0.2) is 52.2 Å². The molecule has 0 aliphatic rings. The van der Waals surface area contributed by atoms with E-state index in [9.17, 15) is 13.2 Å². The van der Waals surface area contributed by atoms with Gasteiger partial charge in [0.2, 0.25) is 10.0 Å². The maximum Gasteiger partial charge on any atom is 0.321 e. The average Bonchev–Trinajstić information content (AvgIpc) is 2.48. The molecule has 0 aliphatic heterocycles. The fourth-order valence-corrected chi connectivity index (χ4v) is 3.28. The molecule has 0 unspecified atom stereocenters. The Kier molecular flexibility index (Phi) is 7.47. The summed E-state index contributed by atoms with van der Waals surface area (Å²) >= 11 is 0. The summed E-state index contributed by atoms with van der Waals surface area (Å²) in [5.74, 6) is 0. The molecule has 0 saturated carbocycles. The molecule has 0 fully saturated rings. The van der Waals surface area contributed by atoms with Gasteiger partial charge < -0.3 is 15.0 Å². The Morgan fingerprint density at radius 3 is 2.26 bits per heavy atom. The van der Waals surface area contributed by atoms with E-state index in [1.165, 1.54) is 19.2 Å². The van der Waals surface area contributed by atoms with Crippen molar-refractivity contribution >= 4 is 21.7 Å². The molecule has 8 heteroatoms. The molecule has 2 N–H and O–H groups in total. The number of rotatable bonds is 8. The van der Waals surface area contributed by atoms with Crippen LogP contribution >= 0.6 is 0 Å². The third kappa shape index (κ3) is 5.81. The molecule has 0 saturated heterocycles. The minimum Gasteiger partial charge on any atom is -0.383 e. The van der Waals surface area contributed by atoms with Gasteiger partial charge in [-0.25, -0.2) is 17.9 Å². The third-order valence-electron chi connectivity index (χ3n) is 3.24. The predicted octanol–water partition coefficient (Wildman–Crippen LogP) is 1.87. The zero-order chi connectivity index (χ0) is 17.5. The number of urea groups is 1. The Hall–Kier alpha value is -1.64. The summed E-state index contributed by atoms with van der Waals surface area (Å²) in [6.45, 7) is 7.01. The van der Waals surface area contributed by atoms with E-state index in [0.29, 0.717) is 18.8 Å². The van der Waals surface area contributed by atoms with Crippen LogP contribution in [0.15, 0.2) is 29.2 Å². The molecule has 23 heavy (non-hydrogen) atoms. The van der Waals surface area contributed by atoms with E-state index in [2.05, 4.69) is 10.0 Å². The highest BCUT2D eigenvalue weighted by Crippen LogP contribution is 2.15. The summed E-state index contributed by atoms with van der Waals surface area (Å²) in [6.07, 6.45) is 0. The number of amides is 2. The minimum absolute atomic E-state index is 0.140. The number of carbonyl (C=O) groups excluding carboxylic acids is 1. The number of methoxy groups -OCH3 is 1. The molecule has 7 nitrogen and oxygen atoms in total. The first-order valence-electron chi connectivity index (χ1n) is 7.51. The molecular formula is C15H25N3O4S. The van der Waals surface area contributed by atoms with E-state index in [1.54, 1.807) is 24.0 Å². The van der Waals surface area contributed by atoms with Crippen LogP contribution in [0.5, 0.6) is 0 Å². The highest BCUT2D eigenvalue weighted by atomic mass is 32.2. The predicted molar refractivity (Wildman–Crippen MR) is 90.0 cm³/mol. The maximum atomic E-state index is 12.2. The number of carbonyl (C=O) groups is 1. The van der Waals surface area contributed by atoms with E-state index in [4.69, 9.17) is 4.74 Å². The lowest BCUT2D eigenvalue weighted by Crippen LogP contribution is -2.35. The molecule has 0 radical (unpaired) electrons. The van der Waals surface area contributed by atoms with Crippen LogP contribution in [0.4, 0.5) is 10.5 Å². The van der Waals surface area contributed by atoms with Crippen LogP contribution in [0.2, 0.25) is 0 Å². The minimum atomic E-state index is -3.61. The van der Waals surface area contributed by atoms with Crippen LogP contribution in [0.1, 0.15) is 20.8 Å². The summed E-state index contributed by atoms with van der Waals surface area (Å²) in [4.78, 5) is 13.7. The van der Waals surface area contributed by atoms with Crippen molar-refractivity contribution in [2.24, 2.45) is 0 Å². The van der Waals surface area contributed by atoms with Gasteiger partial charge in [0.25, 0.3) is 0 Å². The quantitative estimate of drug-likeness (QED) is 0.754. The first kappa shape index (κ1) is 19.4. The second-order valence-electron chi connectivity index (χ2n) is 5.10. The second-order valence-corrected chi connectivity index (χ2v) is 6.82. The SMILES string of the molecule is CCN(CC)C(=O)Nc1ccc(S(=O)(=O)N[C@@H](C)COC)cc1. The van der Waals surface area contributed by atoms with Crippen molar-refractivity contribution in [3.05, 3.63) is 24.3 Å². The van der Waals surface area contributed by atoms with Crippen LogP contribution in [-0.2, 0) is 14.8 Å². The molecule has 130 valence electrons. The third-order valence-corrected chi connectivity index (χ3v) is 4.84. The van der Waals surface area contributed by atoms with Crippen molar-refractivity contribution in [2.75, 3.05) is 32.1 Å². The summed E-state index contributed by atoms with van der Waals surface area (Å²) in [6, 6.07) is 5.51. The number of anilines is 1. The second kappa shape index (κ2) is 8.85. The fraction of sp³-hybridized carbons (Fsp3) is 0.533. The van der Waals surface area contributed by atoms with Crippen molar-refractivity contribution < 1.29 is 17.9 Å². The van der Waals surface area contributed by atoms with Gasteiger partial charge >= 0.3 is 6.03 Å². The molecule has 0 spiro atoms. The molecule has 1 aromatic rings. The van der Waals surface area contributed by atoms with E-state index >= 15 is 0 Å². The lowest BCUT2D eigenvalue weighted by molar-refractivity contribution is 0.180. The van der Waals surface area contributed by atoms with Crippen LogP contribution in [0, 0.1) is 0 Å². The Labute approximate surface area is 138 Å². The molecule has 0 aromatic heterocycles. The molecule has 2 amide bonds. The van der Waals surface area contributed by atoms with Gasteiger partial charge in [0.05, 0.1) is 11.5 Å². The van der Waals surface area contributed by atoms with Crippen LogP contribution in [0.25, 0.3) is 0 Å². The summed E-state index contributed by atoms with van der Waals surface area (Å²) in [5.41, 5.74) is 0.547. The number of nitrogens with zero attached hydrogens (tertiary/aromatic N) is 1. The average molecular weight is 343 g/mol. The number of sulfonamides is 1. The summed E-state index contributed by atoms with van der Waals surface area (Å²) < 4.78 is 31.8. The maximum absolute atomic E-state index is 12.2.